The Balaban J connectivity index is 1.55. The van der Waals surface area contributed by atoms with Crippen molar-refractivity contribution in [3.8, 4) is 17.3 Å². The molecule has 7 heteroatoms. The Labute approximate surface area is 145 Å². The van der Waals surface area contributed by atoms with E-state index < -0.39 is 0 Å². The molecular weight excluding hydrogens is 322 g/mol. The van der Waals surface area contributed by atoms with Gasteiger partial charge < -0.3 is 19.0 Å². The summed E-state index contributed by atoms with van der Waals surface area (Å²) in [7, 11) is 0. The summed E-state index contributed by atoms with van der Waals surface area (Å²) in [6, 6.07) is 10.9. The molecule has 0 bridgehead atoms. The highest BCUT2D eigenvalue weighted by Crippen LogP contribution is 2.24. The summed E-state index contributed by atoms with van der Waals surface area (Å²) in [5, 5.41) is 6.69. The molecular formula is C18H19N3O4. The topological polar surface area (TPSA) is 90.4 Å². The Bertz CT molecular complexity index is 811. The van der Waals surface area contributed by atoms with Crippen molar-refractivity contribution in [2.24, 2.45) is 0 Å². The summed E-state index contributed by atoms with van der Waals surface area (Å²) in [6.07, 6.45) is 3.01. The Morgan fingerprint density at radius 1 is 1.24 bits per heavy atom. The quantitative estimate of drug-likeness (QED) is 0.672. The Morgan fingerprint density at radius 2 is 2.12 bits per heavy atom. The molecule has 2 heterocycles. The van der Waals surface area contributed by atoms with Gasteiger partial charge in [-0.1, -0.05) is 24.2 Å². The van der Waals surface area contributed by atoms with Crippen LogP contribution in [0.1, 0.15) is 25.7 Å². The SMILES string of the molecule is CCCOc1ccccc1NC(=O)CCc1nc(-c2ccco2)no1. The molecule has 3 aromatic rings. The summed E-state index contributed by atoms with van der Waals surface area (Å²) < 4.78 is 16.0. The number of amides is 1. The van der Waals surface area contributed by atoms with E-state index in [0.717, 1.165) is 6.42 Å². The summed E-state index contributed by atoms with van der Waals surface area (Å²) >= 11 is 0. The van der Waals surface area contributed by atoms with E-state index in [1.54, 1.807) is 12.1 Å². The molecule has 2 aromatic heterocycles. The lowest BCUT2D eigenvalue weighted by Gasteiger charge is -2.11. The maximum atomic E-state index is 12.2. The number of aryl methyl sites for hydroxylation is 1. The maximum Gasteiger partial charge on any atom is 0.238 e. The zero-order chi connectivity index (χ0) is 17.5. The first-order chi connectivity index (χ1) is 12.3. The second-order valence-corrected chi connectivity index (χ2v) is 5.38. The molecule has 130 valence electrons. The standard InChI is InChI=1S/C18H19N3O4/c1-2-11-23-14-7-4-3-6-13(14)19-16(22)9-10-17-20-18(21-25-17)15-8-5-12-24-15/h3-8,12H,2,9-11H2,1H3,(H,19,22). The lowest BCUT2D eigenvalue weighted by Crippen LogP contribution is -2.13. The van der Waals surface area contributed by atoms with Crippen molar-refractivity contribution in [2.45, 2.75) is 26.2 Å². The van der Waals surface area contributed by atoms with Crippen molar-refractivity contribution >= 4 is 11.6 Å². The van der Waals surface area contributed by atoms with Crippen LogP contribution in [-0.2, 0) is 11.2 Å². The molecule has 0 radical (unpaired) electrons. The lowest BCUT2D eigenvalue weighted by molar-refractivity contribution is -0.116. The van der Waals surface area contributed by atoms with Crippen LogP contribution in [-0.4, -0.2) is 22.7 Å². The molecule has 0 spiro atoms. The summed E-state index contributed by atoms with van der Waals surface area (Å²) in [4.78, 5) is 16.4. The van der Waals surface area contributed by atoms with Gasteiger partial charge in [-0.25, -0.2) is 0 Å². The van der Waals surface area contributed by atoms with E-state index in [9.17, 15) is 4.79 Å². The van der Waals surface area contributed by atoms with Crippen LogP contribution in [0.2, 0.25) is 0 Å². The van der Waals surface area contributed by atoms with Gasteiger partial charge in [0.15, 0.2) is 5.76 Å². The molecule has 1 amide bonds. The van der Waals surface area contributed by atoms with Crippen LogP contribution in [0.15, 0.2) is 51.6 Å². The first-order valence-electron chi connectivity index (χ1n) is 8.14. The van der Waals surface area contributed by atoms with Crippen molar-refractivity contribution in [1.29, 1.82) is 0 Å². The van der Waals surface area contributed by atoms with Gasteiger partial charge in [-0.15, -0.1) is 0 Å². The number of para-hydroxylation sites is 2. The molecule has 0 saturated carbocycles. The van der Waals surface area contributed by atoms with Gasteiger partial charge in [-0.3, -0.25) is 4.79 Å². The molecule has 1 aromatic carbocycles. The fourth-order valence-electron chi connectivity index (χ4n) is 2.20. The minimum atomic E-state index is -0.148. The third-order valence-corrected chi connectivity index (χ3v) is 3.40. The highest BCUT2D eigenvalue weighted by atomic mass is 16.5. The van der Waals surface area contributed by atoms with Crippen LogP contribution < -0.4 is 10.1 Å². The average Bonchev–Trinajstić information content (AvgIpc) is 3.30. The predicted octanol–water partition coefficient (Wildman–Crippen LogP) is 3.69. The first kappa shape index (κ1) is 16.8. The molecule has 0 aliphatic rings. The number of carbonyl (C=O) groups excluding carboxylic acids is 1. The number of ether oxygens (including phenoxy) is 1. The average molecular weight is 341 g/mol. The minimum absolute atomic E-state index is 0.148. The second-order valence-electron chi connectivity index (χ2n) is 5.38. The number of aromatic nitrogens is 2. The van der Waals surface area contributed by atoms with Crippen molar-refractivity contribution in [3.05, 3.63) is 48.6 Å². The third kappa shape index (κ3) is 4.47. The van der Waals surface area contributed by atoms with E-state index in [1.807, 2.05) is 31.2 Å². The largest absolute Gasteiger partial charge is 0.491 e. The molecule has 0 atom stereocenters. The lowest BCUT2D eigenvalue weighted by atomic mass is 10.2. The van der Waals surface area contributed by atoms with E-state index in [0.29, 0.717) is 41.9 Å². The number of nitrogens with one attached hydrogen (secondary N) is 1. The Hall–Kier alpha value is -3.09. The van der Waals surface area contributed by atoms with Gasteiger partial charge in [0.2, 0.25) is 17.6 Å². The van der Waals surface area contributed by atoms with Crippen LogP contribution in [0, 0.1) is 0 Å². The molecule has 3 rings (SSSR count). The van der Waals surface area contributed by atoms with Gasteiger partial charge >= 0.3 is 0 Å². The number of carbonyl (C=O) groups is 1. The molecule has 25 heavy (non-hydrogen) atoms. The van der Waals surface area contributed by atoms with E-state index in [2.05, 4.69) is 15.5 Å². The normalized spacial score (nSPS) is 10.6. The Morgan fingerprint density at radius 3 is 2.92 bits per heavy atom. The first-order valence-corrected chi connectivity index (χ1v) is 8.14. The number of furan rings is 1. The monoisotopic (exact) mass is 341 g/mol. The highest BCUT2D eigenvalue weighted by Gasteiger charge is 2.13. The zero-order valence-corrected chi connectivity index (χ0v) is 13.9. The van der Waals surface area contributed by atoms with Crippen molar-refractivity contribution in [1.82, 2.24) is 10.1 Å². The van der Waals surface area contributed by atoms with Gasteiger partial charge in [0.05, 0.1) is 18.6 Å². The summed E-state index contributed by atoms with van der Waals surface area (Å²) in [6.45, 7) is 2.63. The molecule has 1 N–H and O–H groups in total. The minimum Gasteiger partial charge on any atom is -0.491 e. The molecule has 0 fully saturated rings. The van der Waals surface area contributed by atoms with Gasteiger partial charge in [0.25, 0.3) is 0 Å². The molecule has 7 nitrogen and oxygen atoms in total. The zero-order valence-electron chi connectivity index (χ0n) is 13.9. The van der Waals surface area contributed by atoms with Crippen molar-refractivity contribution < 1.29 is 18.5 Å². The Kier molecular flexibility index (Phi) is 5.46. The maximum absolute atomic E-state index is 12.2. The molecule has 0 unspecified atom stereocenters. The van der Waals surface area contributed by atoms with Crippen LogP contribution in [0.25, 0.3) is 11.6 Å². The van der Waals surface area contributed by atoms with Crippen LogP contribution in [0.5, 0.6) is 5.75 Å². The predicted molar refractivity (Wildman–Crippen MR) is 91.2 cm³/mol. The van der Waals surface area contributed by atoms with Gasteiger partial charge in [-0.05, 0) is 30.7 Å². The molecule has 0 aliphatic carbocycles. The number of anilines is 1. The van der Waals surface area contributed by atoms with Crippen molar-refractivity contribution in [2.75, 3.05) is 11.9 Å². The summed E-state index contributed by atoms with van der Waals surface area (Å²) in [5.74, 6) is 1.80. The van der Waals surface area contributed by atoms with Gasteiger partial charge in [-0.2, -0.15) is 4.98 Å². The smallest absolute Gasteiger partial charge is 0.238 e. The number of rotatable bonds is 8. The number of nitrogens with zero attached hydrogens (tertiary/aromatic N) is 2. The van der Waals surface area contributed by atoms with Crippen molar-refractivity contribution in [3.63, 3.8) is 0 Å². The second kappa shape index (κ2) is 8.14. The molecule has 0 aliphatic heterocycles. The number of benzene rings is 1. The fourth-order valence-corrected chi connectivity index (χ4v) is 2.20. The van der Waals surface area contributed by atoms with Crippen LogP contribution in [0.3, 0.4) is 0 Å². The highest BCUT2D eigenvalue weighted by molar-refractivity contribution is 5.92. The third-order valence-electron chi connectivity index (χ3n) is 3.40. The van der Waals surface area contributed by atoms with E-state index in [4.69, 9.17) is 13.7 Å². The van der Waals surface area contributed by atoms with E-state index >= 15 is 0 Å². The molecule has 0 saturated heterocycles. The fraction of sp³-hybridized carbons (Fsp3) is 0.278. The van der Waals surface area contributed by atoms with Crippen LogP contribution >= 0.6 is 0 Å². The van der Waals surface area contributed by atoms with Gasteiger partial charge in [0, 0.05) is 12.8 Å². The van der Waals surface area contributed by atoms with E-state index in [-0.39, 0.29) is 12.3 Å². The van der Waals surface area contributed by atoms with E-state index in [1.165, 1.54) is 6.26 Å². The summed E-state index contributed by atoms with van der Waals surface area (Å²) in [5.41, 5.74) is 0.655. The van der Waals surface area contributed by atoms with Crippen LogP contribution in [0.4, 0.5) is 5.69 Å². The number of hydrogen-bond donors (Lipinski definition) is 1. The number of hydrogen-bond acceptors (Lipinski definition) is 6. The van der Waals surface area contributed by atoms with Gasteiger partial charge in [0.1, 0.15) is 5.75 Å².